The summed E-state index contributed by atoms with van der Waals surface area (Å²) < 4.78 is 6.27. The van der Waals surface area contributed by atoms with Crippen molar-refractivity contribution in [2.75, 3.05) is 19.0 Å². The molecule has 0 aliphatic carbocycles. The van der Waals surface area contributed by atoms with Crippen molar-refractivity contribution in [3.8, 4) is 0 Å². The van der Waals surface area contributed by atoms with E-state index < -0.39 is 0 Å². The molecular weight excluding hydrogens is 293 g/mol. The van der Waals surface area contributed by atoms with Crippen LogP contribution in [0.25, 0.3) is 10.8 Å². The van der Waals surface area contributed by atoms with Crippen molar-refractivity contribution in [3.63, 3.8) is 0 Å². The number of hydrogen-bond acceptors (Lipinski definition) is 3. The fraction of sp³-hybridized carbons (Fsp3) is 0.214. The van der Waals surface area contributed by atoms with Crippen molar-refractivity contribution in [2.45, 2.75) is 6.92 Å². The number of fused-ring (bicyclic) bond motifs is 1. The van der Waals surface area contributed by atoms with Crippen LogP contribution >= 0.6 is 0 Å². The molecule has 0 saturated heterocycles. The van der Waals surface area contributed by atoms with Gasteiger partial charge in [-0.25, -0.2) is 0 Å². The van der Waals surface area contributed by atoms with E-state index in [1.54, 1.807) is 0 Å². The molecule has 3 nitrogen and oxygen atoms in total. The fourth-order valence-corrected chi connectivity index (χ4v) is 3.19. The Hall–Kier alpha value is -1.51. The van der Waals surface area contributed by atoms with Gasteiger partial charge < -0.3 is 0 Å². The Morgan fingerprint density at radius 1 is 1.17 bits per heavy atom. The predicted molar refractivity (Wildman–Crippen MR) is 75.4 cm³/mol. The summed E-state index contributed by atoms with van der Waals surface area (Å²) >= 11 is -0.280. The van der Waals surface area contributed by atoms with Crippen LogP contribution in [0.3, 0.4) is 0 Å². The number of anilines is 1. The second-order valence-electron chi connectivity index (χ2n) is 4.18. The monoisotopic (exact) mass is 309 g/mol. The minimum absolute atomic E-state index is 0.227. The van der Waals surface area contributed by atoms with Crippen molar-refractivity contribution in [1.29, 1.82) is 0 Å². The van der Waals surface area contributed by atoms with Crippen LogP contribution in [-0.2, 0) is 8.61 Å². The molecule has 0 aliphatic heterocycles. The van der Waals surface area contributed by atoms with Crippen LogP contribution in [0.2, 0.25) is 0 Å². The molecule has 0 spiro atoms. The first-order valence-corrected chi connectivity index (χ1v) is 7.19. The van der Waals surface area contributed by atoms with Crippen LogP contribution in [0.4, 0.5) is 5.69 Å². The van der Waals surface area contributed by atoms with Crippen molar-refractivity contribution in [1.82, 2.24) is 0 Å². The van der Waals surface area contributed by atoms with E-state index >= 15 is 0 Å². The molecule has 0 amide bonds. The third-order valence-electron chi connectivity index (χ3n) is 2.58. The molecule has 0 unspecified atom stereocenters. The summed E-state index contributed by atoms with van der Waals surface area (Å²) in [5, 5.41) is 2.35. The van der Waals surface area contributed by atoms with Crippen molar-refractivity contribution in [3.05, 3.63) is 36.4 Å². The first-order chi connectivity index (χ1) is 8.59. The van der Waals surface area contributed by atoms with Crippen LogP contribution in [0.1, 0.15) is 6.92 Å². The van der Waals surface area contributed by atoms with Gasteiger partial charge in [0.1, 0.15) is 0 Å². The number of carbonyl (C=O) groups is 1. The Balaban J connectivity index is 2.55. The van der Waals surface area contributed by atoms with E-state index in [-0.39, 0.29) is 21.3 Å². The van der Waals surface area contributed by atoms with Crippen LogP contribution in [0.15, 0.2) is 36.4 Å². The summed E-state index contributed by atoms with van der Waals surface area (Å²) in [7, 11) is 4.04. The van der Waals surface area contributed by atoms with Gasteiger partial charge in [-0.2, -0.15) is 0 Å². The average molecular weight is 308 g/mol. The predicted octanol–water partition coefficient (Wildman–Crippen LogP) is 1.71. The Kier molecular flexibility index (Phi) is 3.90. The van der Waals surface area contributed by atoms with Crippen LogP contribution in [0, 0.1) is 0 Å². The minimum atomic E-state index is -0.280. The van der Waals surface area contributed by atoms with E-state index in [1.807, 2.05) is 32.3 Å². The second kappa shape index (κ2) is 5.42. The molecule has 0 saturated carbocycles. The molecule has 0 radical (unpaired) electrons. The summed E-state index contributed by atoms with van der Waals surface area (Å²) in [6, 6.07) is 12.3. The summed E-state index contributed by atoms with van der Waals surface area (Å²) in [6.45, 7) is 1.44. The van der Waals surface area contributed by atoms with Crippen LogP contribution in [0.5, 0.6) is 0 Å². The molecule has 2 aromatic carbocycles. The van der Waals surface area contributed by atoms with Gasteiger partial charge in [-0.15, -0.1) is 0 Å². The van der Waals surface area contributed by atoms with E-state index in [2.05, 4.69) is 23.1 Å². The van der Waals surface area contributed by atoms with E-state index in [1.165, 1.54) is 17.7 Å². The standard InChI is InChI=1S/C14H15NO2Se/c1-10(16)17-18-13-9-5-7-11-6-4-8-12(14(11)13)15(2)3/h4-9H,1-3H3. The molecule has 0 bridgehead atoms. The zero-order chi connectivity index (χ0) is 13.1. The van der Waals surface area contributed by atoms with Crippen molar-refractivity contribution >= 4 is 42.2 Å². The van der Waals surface area contributed by atoms with E-state index in [9.17, 15) is 4.79 Å². The molecule has 0 aliphatic rings. The first-order valence-electron chi connectivity index (χ1n) is 5.64. The Morgan fingerprint density at radius 2 is 1.83 bits per heavy atom. The topological polar surface area (TPSA) is 29.5 Å². The number of benzene rings is 2. The van der Waals surface area contributed by atoms with E-state index in [0.29, 0.717) is 0 Å². The molecule has 18 heavy (non-hydrogen) atoms. The molecule has 0 fully saturated rings. The maximum atomic E-state index is 11.0. The fourth-order valence-electron chi connectivity index (χ4n) is 1.83. The zero-order valence-corrected chi connectivity index (χ0v) is 12.3. The van der Waals surface area contributed by atoms with Gasteiger partial charge in [0.15, 0.2) is 0 Å². The van der Waals surface area contributed by atoms with Gasteiger partial charge in [-0.05, 0) is 0 Å². The van der Waals surface area contributed by atoms with Gasteiger partial charge in [0.2, 0.25) is 0 Å². The molecular formula is C14H15NO2Se. The molecule has 0 aromatic heterocycles. The molecule has 4 heteroatoms. The summed E-state index contributed by atoms with van der Waals surface area (Å²) in [4.78, 5) is 13.0. The Bertz CT molecular complexity index is 576. The molecule has 0 N–H and O–H groups in total. The Labute approximate surface area is 113 Å². The Morgan fingerprint density at radius 3 is 2.44 bits per heavy atom. The van der Waals surface area contributed by atoms with Gasteiger partial charge in [0, 0.05) is 0 Å². The van der Waals surface area contributed by atoms with Crippen LogP contribution < -0.4 is 9.36 Å². The van der Waals surface area contributed by atoms with Crippen molar-refractivity contribution in [2.24, 2.45) is 0 Å². The maximum absolute atomic E-state index is 11.0. The number of rotatable bonds is 3. The molecule has 2 rings (SSSR count). The average Bonchev–Trinajstić information content (AvgIpc) is 2.35. The van der Waals surface area contributed by atoms with Crippen molar-refractivity contribution < 1.29 is 8.61 Å². The van der Waals surface area contributed by atoms with Gasteiger partial charge in [-0.3, -0.25) is 0 Å². The normalized spacial score (nSPS) is 10.4. The summed E-state index contributed by atoms with van der Waals surface area (Å²) in [6.07, 6.45) is 0. The number of nitrogens with zero attached hydrogens (tertiary/aromatic N) is 1. The molecule has 0 atom stereocenters. The third-order valence-corrected chi connectivity index (χ3v) is 4.33. The van der Waals surface area contributed by atoms with E-state index in [0.717, 1.165) is 10.1 Å². The number of carbonyl (C=O) groups excluding carboxylic acids is 1. The summed E-state index contributed by atoms with van der Waals surface area (Å²) in [5.74, 6) is -0.227. The molecule has 0 heterocycles. The number of hydrogen-bond donors (Lipinski definition) is 0. The first kappa shape index (κ1) is 12.9. The SMILES string of the molecule is CC(=O)O[Se]c1cccc2cccc(N(C)C)c12. The van der Waals surface area contributed by atoms with Gasteiger partial charge in [0.25, 0.3) is 0 Å². The molecule has 94 valence electrons. The van der Waals surface area contributed by atoms with Gasteiger partial charge >= 0.3 is 113 Å². The molecule has 2 aromatic rings. The van der Waals surface area contributed by atoms with Gasteiger partial charge in [-0.1, -0.05) is 0 Å². The third kappa shape index (κ3) is 2.66. The van der Waals surface area contributed by atoms with Crippen LogP contribution in [-0.4, -0.2) is 35.4 Å². The zero-order valence-electron chi connectivity index (χ0n) is 10.6. The quantitative estimate of drug-likeness (QED) is 0.809. The second-order valence-corrected chi connectivity index (χ2v) is 5.81. The van der Waals surface area contributed by atoms with E-state index in [4.69, 9.17) is 3.82 Å². The van der Waals surface area contributed by atoms with Gasteiger partial charge in [0.05, 0.1) is 0 Å². The summed E-state index contributed by atoms with van der Waals surface area (Å²) in [5.41, 5.74) is 1.15.